The molecule has 0 amide bonds. The van der Waals surface area contributed by atoms with E-state index in [1.165, 1.54) is 32.9 Å². The van der Waals surface area contributed by atoms with E-state index in [9.17, 15) is 0 Å². The average molecular weight is 622 g/mol. The molecule has 1 atom stereocenters. The second kappa shape index (κ2) is 8.66. The lowest BCUT2D eigenvalue weighted by molar-refractivity contribution is -0.993. The van der Waals surface area contributed by atoms with Crippen molar-refractivity contribution in [1.82, 2.24) is 14.2 Å². The zero-order chi connectivity index (χ0) is 31.9. The summed E-state index contributed by atoms with van der Waals surface area (Å²) in [6.45, 7) is 6.82. The van der Waals surface area contributed by atoms with Gasteiger partial charge >= 0.3 is 5.66 Å². The van der Waals surface area contributed by atoms with Crippen LogP contribution < -0.4 is 14.0 Å². The average Bonchev–Trinajstić information content (AvgIpc) is 3.78. The van der Waals surface area contributed by atoms with Crippen molar-refractivity contribution in [3.63, 3.8) is 0 Å². The third-order valence-electron chi connectivity index (χ3n) is 10.5. The van der Waals surface area contributed by atoms with E-state index >= 15 is 0 Å². The van der Waals surface area contributed by atoms with Gasteiger partial charge in [0, 0.05) is 28.6 Å². The number of para-hydroxylation sites is 1. The Morgan fingerprint density at radius 1 is 0.729 bits per heavy atom. The van der Waals surface area contributed by atoms with Crippen molar-refractivity contribution in [1.29, 1.82) is 0 Å². The molecule has 0 saturated heterocycles. The minimum Gasteiger partial charge on any atom is -0.456 e. The molecule has 0 N–H and O–H groups in total. The zero-order valence-electron chi connectivity index (χ0n) is 26.8. The number of benzene rings is 4. The highest BCUT2D eigenvalue weighted by atomic mass is 16.5. The van der Waals surface area contributed by atoms with Crippen molar-refractivity contribution in [2.45, 2.75) is 31.8 Å². The van der Waals surface area contributed by atoms with Gasteiger partial charge in [-0.1, -0.05) is 80.1 Å². The van der Waals surface area contributed by atoms with Crippen molar-refractivity contribution >= 4 is 21.8 Å². The number of ether oxygens (including phenoxy) is 1. The van der Waals surface area contributed by atoms with Crippen molar-refractivity contribution < 1.29 is 14.0 Å². The van der Waals surface area contributed by atoms with Crippen LogP contribution in [0.25, 0.3) is 55.7 Å². The van der Waals surface area contributed by atoms with E-state index in [4.69, 9.17) is 9.72 Å². The van der Waals surface area contributed by atoms with Gasteiger partial charge in [0.15, 0.2) is 11.1 Å². The number of hydrogen-bond donors (Lipinski definition) is 0. The van der Waals surface area contributed by atoms with Crippen LogP contribution in [0.5, 0.6) is 11.5 Å². The topological polar surface area (TPSA) is 39.7 Å². The van der Waals surface area contributed by atoms with E-state index in [2.05, 4.69) is 167 Å². The molecule has 8 aromatic rings. The normalized spacial score (nSPS) is 16.5. The summed E-state index contributed by atoms with van der Waals surface area (Å²) < 4.78 is 16.4. The monoisotopic (exact) mass is 621 g/mol. The minimum absolute atomic E-state index is 0.127. The van der Waals surface area contributed by atoms with Crippen LogP contribution >= 0.6 is 0 Å². The van der Waals surface area contributed by atoms with E-state index in [1.54, 1.807) is 0 Å². The Morgan fingerprint density at radius 2 is 1.54 bits per heavy atom. The maximum Gasteiger partial charge on any atom is 0.397 e. The molecule has 0 bridgehead atoms. The molecular formula is C42H31N5O+2. The molecule has 6 nitrogen and oxygen atoms in total. The summed E-state index contributed by atoms with van der Waals surface area (Å²) in [4.78, 5) is 5.21. The third kappa shape index (κ3) is 3.02. The van der Waals surface area contributed by atoms with Gasteiger partial charge < -0.3 is 4.74 Å². The summed E-state index contributed by atoms with van der Waals surface area (Å²) >= 11 is 0. The van der Waals surface area contributed by atoms with Gasteiger partial charge in [-0.3, -0.25) is 4.98 Å². The summed E-state index contributed by atoms with van der Waals surface area (Å²) in [5, 5.41) is 2.46. The number of hydrogen-bond acceptors (Lipinski definition) is 2. The van der Waals surface area contributed by atoms with Crippen LogP contribution in [0.15, 0.2) is 134 Å². The fraction of sp³-hybridized carbons (Fsp3) is 0.119. The predicted octanol–water partition coefficient (Wildman–Crippen LogP) is 8.21. The number of aromatic nitrogens is 5. The molecule has 4 aromatic carbocycles. The van der Waals surface area contributed by atoms with Crippen LogP contribution in [0.2, 0.25) is 0 Å². The quantitative estimate of drug-likeness (QED) is 0.183. The number of pyridine rings is 2. The summed E-state index contributed by atoms with van der Waals surface area (Å²) in [7, 11) is 0. The van der Waals surface area contributed by atoms with Crippen LogP contribution in [-0.4, -0.2) is 14.2 Å². The number of rotatable bonds is 2. The Hall–Kier alpha value is -6.01. The van der Waals surface area contributed by atoms with Gasteiger partial charge in [0.25, 0.3) is 5.82 Å². The Balaban J connectivity index is 1.26. The molecule has 0 aliphatic carbocycles. The Morgan fingerprint density at radius 3 is 2.42 bits per heavy atom. The molecule has 3 aliphatic heterocycles. The van der Waals surface area contributed by atoms with Gasteiger partial charge in [0.2, 0.25) is 6.20 Å². The maximum absolute atomic E-state index is 6.81. The molecule has 48 heavy (non-hydrogen) atoms. The van der Waals surface area contributed by atoms with E-state index in [-0.39, 0.29) is 5.41 Å². The molecule has 4 aromatic heterocycles. The highest BCUT2D eigenvalue weighted by molar-refractivity contribution is 6.11. The van der Waals surface area contributed by atoms with Crippen molar-refractivity contribution in [3.8, 4) is 45.4 Å². The highest BCUT2D eigenvalue weighted by Crippen LogP contribution is 2.55. The smallest absolute Gasteiger partial charge is 0.397 e. The molecule has 1 spiro atoms. The lowest BCUT2D eigenvalue weighted by Gasteiger charge is -2.32. The summed E-state index contributed by atoms with van der Waals surface area (Å²) in [6.07, 6.45) is 8.81. The first kappa shape index (κ1) is 26.1. The van der Waals surface area contributed by atoms with Gasteiger partial charge in [-0.05, 0) is 65.1 Å². The Kier molecular flexibility index (Phi) is 4.71. The van der Waals surface area contributed by atoms with E-state index in [1.807, 2.05) is 6.20 Å². The lowest BCUT2D eigenvalue weighted by Crippen LogP contribution is -2.76. The van der Waals surface area contributed by atoms with Crippen molar-refractivity contribution in [3.05, 3.63) is 151 Å². The molecule has 0 fully saturated rings. The Bertz CT molecular complexity index is 2690. The molecular weight excluding hydrogens is 590 g/mol. The van der Waals surface area contributed by atoms with Gasteiger partial charge in [-0.15, -0.1) is 4.68 Å². The molecule has 0 saturated carbocycles. The molecule has 11 rings (SSSR count). The molecule has 6 heteroatoms. The largest absolute Gasteiger partial charge is 0.456 e. The fourth-order valence-corrected chi connectivity index (χ4v) is 8.59. The van der Waals surface area contributed by atoms with Gasteiger partial charge in [-0.25, -0.2) is 0 Å². The van der Waals surface area contributed by atoms with Crippen LogP contribution in [0.3, 0.4) is 0 Å². The molecule has 7 heterocycles. The second-order valence-corrected chi connectivity index (χ2v) is 14.2. The Labute approximate surface area is 277 Å². The second-order valence-electron chi connectivity index (χ2n) is 14.2. The van der Waals surface area contributed by atoms with Crippen molar-refractivity contribution in [2.75, 3.05) is 0 Å². The van der Waals surface area contributed by atoms with Crippen LogP contribution in [-0.2, 0) is 11.1 Å². The first-order valence-corrected chi connectivity index (χ1v) is 16.6. The standard InChI is InChI=1S/C42H31N5O/c1-41(2,3)31-22-27(26-12-5-4-6-13-26)23-43-39(31)28-24-45-33-16-11-17-34-37(33)42(46(45)25-28)38-35(48-34)20-19-30-29-14-7-8-15-32(29)47(40(30)38)36-18-9-10-21-44(36)42/h4-25H,1-3H3/q+2. The number of fused-ring (bicyclic) bond motifs is 7. The highest BCUT2D eigenvalue weighted by Gasteiger charge is 2.68. The third-order valence-corrected chi connectivity index (χ3v) is 10.5. The van der Waals surface area contributed by atoms with E-state index < -0.39 is 5.66 Å². The molecule has 1 unspecified atom stereocenters. The zero-order valence-corrected chi connectivity index (χ0v) is 26.8. The SMILES string of the molecule is CC(C)(C)c1cc(-c2ccccc2)cnc1-c1cn2[n+](c1)C13c4c(cccc4-2)Oc2ccc4c5ccccc5n(c4c21)-c1cccc[n+]13. The lowest BCUT2D eigenvalue weighted by atomic mass is 9.83. The summed E-state index contributed by atoms with van der Waals surface area (Å²) in [6, 6.07) is 38.9. The van der Waals surface area contributed by atoms with Crippen LogP contribution in [0.1, 0.15) is 37.5 Å². The van der Waals surface area contributed by atoms with Gasteiger partial charge in [0.05, 0.1) is 23.7 Å². The molecule has 0 radical (unpaired) electrons. The van der Waals surface area contributed by atoms with Crippen LogP contribution in [0.4, 0.5) is 0 Å². The molecule has 3 aliphatic rings. The summed E-state index contributed by atoms with van der Waals surface area (Å²) in [5.74, 6) is 2.87. The minimum atomic E-state index is -0.718. The van der Waals surface area contributed by atoms with Gasteiger partial charge in [-0.2, -0.15) is 9.13 Å². The first-order valence-electron chi connectivity index (χ1n) is 16.6. The first-order chi connectivity index (χ1) is 23.4. The van der Waals surface area contributed by atoms with Gasteiger partial charge in [0.1, 0.15) is 28.3 Å². The van der Waals surface area contributed by atoms with Crippen molar-refractivity contribution in [2.24, 2.45) is 0 Å². The molecule has 228 valence electrons. The van der Waals surface area contributed by atoms with E-state index in [0.29, 0.717) is 0 Å². The summed E-state index contributed by atoms with van der Waals surface area (Å²) in [5.41, 5.74) is 10.5. The predicted molar refractivity (Wildman–Crippen MR) is 186 cm³/mol. The number of nitrogens with zero attached hydrogens (tertiary/aromatic N) is 5. The maximum atomic E-state index is 6.81. The fourth-order valence-electron chi connectivity index (χ4n) is 8.59. The van der Waals surface area contributed by atoms with Crippen LogP contribution in [0, 0.1) is 0 Å². The van der Waals surface area contributed by atoms with E-state index in [0.717, 1.165) is 51.0 Å².